The Morgan fingerprint density at radius 2 is 2.06 bits per heavy atom. The first-order valence-corrected chi connectivity index (χ1v) is 5.37. The fourth-order valence-corrected chi connectivity index (χ4v) is 1.45. The molecule has 0 amide bonds. The van der Waals surface area contributed by atoms with Crippen molar-refractivity contribution in [3.8, 4) is 11.6 Å². The largest absolute Gasteiger partial charge is 0.436 e. The van der Waals surface area contributed by atoms with E-state index in [9.17, 15) is 4.39 Å². The molecule has 0 bridgehead atoms. The zero-order valence-corrected chi connectivity index (χ0v) is 10.1. The Labute approximate surface area is 103 Å². The fraction of sp³-hybridized carbons (Fsp3) is 0.167. The highest BCUT2D eigenvalue weighted by molar-refractivity contribution is 6.28. The third-order valence-corrected chi connectivity index (χ3v) is 2.41. The van der Waals surface area contributed by atoms with E-state index in [1.165, 1.54) is 0 Å². The van der Waals surface area contributed by atoms with Gasteiger partial charge in [0.1, 0.15) is 5.75 Å². The highest BCUT2D eigenvalue weighted by Crippen LogP contribution is 2.26. The number of hydrogen-bond donors (Lipinski definition) is 0. The summed E-state index contributed by atoms with van der Waals surface area (Å²) in [6.07, 6.45) is 0.982. The quantitative estimate of drug-likeness (QED) is 0.765. The van der Waals surface area contributed by atoms with Crippen molar-refractivity contribution < 1.29 is 9.13 Å². The molecule has 17 heavy (non-hydrogen) atoms. The molecule has 0 unspecified atom stereocenters. The van der Waals surface area contributed by atoms with Gasteiger partial charge in [-0.1, -0.05) is 12.1 Å². The third kappa shape index (κ3) is 2.71. The number of halogens is 2. The Bertz CT molecular complexity index is 511. The molecule has 0 aliphatic carbocycles. The van der Waals surface area contributed by atoms with Crippen molar-refractivity contribution in [2.75, 3.05) is 0 Å². The summed E-state index contributed by atoms with van der Waals surface area (Å²) in [5.74, 6) is -0.257. The summed E-state index contributed by atoms with van der Waals surface area (Å²) in [4.78, 5) is 7.22. The number of hydrogen-bond acceptors (Lipinski definition) is 3. The van der Waals surface area contributed by atoms with Gasteiger partial charge in [-0.15, -0.1) is 0 Å². The van der Waals surface area contributed by atoms with Gasteiger partial charge in [-0.3, -0.25) is 0 Å². The van der Waals surface area contributed by atoms with Gasteiger partial charge >= 0.3 is 0 Å². The Hall–Kier alpha value is -1.68. The first-order chi connectivity index (χ1) is 8.06. The van der Waals surface area contributed by atoms with E-state index >= 15 is 0 Å². The van der Waals surface area contributed by atoms with Gasteiger partial charge in [0.05, 0.1) is 6.20 Å². The van der Waals surface area contributed by atoms with Crippen molar-refractivity contribution in [3.05, 3.63) is 46.6 Å². The van der Waals surface area contributed by atoms with Crippen LogP contribution >= 0.6 is 11.6 Å². The molecule has 0 aliphatic heterocycles. The second kappa shape index (κ2) is 4.67. The van der Waals surface area contributed by atoms with Gasteiger partial charge in [0.2, 0.25) is 11.1 Å². The molecule has 0 atom stereocenters. The molecule has 1 heterocycles. The first-order valence-electron chi connectivity index (χ1n) is 4.99. The second-order valence-corrected chi connectivity index (χ2v) is 4.00. The van der Waals surface area contributed by atoms with Crippen molar-refractivity contribution >= 4 is 11.6 Å². The molecule has 2 aromatic rings. The molecule has 1 aromatic carbocycles. The molecule has 3 nitrogen and oxygen atoms in total. The molecule has 1 aromatic heterocycles. The van der Waals surface area contributed by atoms with Crippen LogP contribution in [-0.4, -0.2) is 9.97 Å². The van der Waals surface area contributed by atoms with E-state index in [1.807, 2.05) is 32.0 Å². The zero-order valence-electron chi connectivity index (χ0n) is 9.37. The van der Waals surface area contributed by atoms with E-state index in [0.29, 0.717) is 5.75 Å². The van der Waals surface area contributed by atoms with Crippen LogP contribution in [0.25, 0.3) is 0 Å². The summed E-state index contributed by atoms with van der Waals surface area (Å²) < 4.78 is 18.8. The molecule has 5 heteroatoms. The van der Waals surface area contributed by atoms with Gasteiger partial charge in [-0.25, -0.2) is 4.98 Å². The lowest BCUT2D eigenvalue weighted by molar-refractivity contribution is 0.417. The normalized spacial score (nSPS) is 10.4. The van der Waals surface area contributed by atoms with Crippen LogP contribution in [-0.2, 0) is 0 Å². The van der Waals surface area contributed by atoms with Gasteiger partial charge in [0.25, 0.3) is 5.88 Å². The molecule has 0 aliphatic rings. The maximum atomic E-state index is 13.4. The Morgan fingerprint density at radius 3 is 2.82 bits per heavy atom. The van der Waals surface area contributed by atoms with E-state index in [2.05, 4.69) is 9.97 Å². The predicted molar refractivity (Wildman–Crippen MR) is 63.0 cm³/mol. The summed E-state index contributed by atoms with van der Waals surface area (Å²) in [7, 11) is 0. The lowest BCUT2D eigenvalue weighted by Gasteiger charge is -2.09. The topological polar surface area (TPSA) is 35.0 Å². The number of aromatic nitrogens is 2. The maximum absolute atomic E-state index is 13.4. The Kier molecular flexibility index (Phi) is 3.24. The van der Waals surface area contributed by atoms with Gasteiger partial charge in [0.15, 0.2) is 0 Å². The Morgan fingerprint density at radius 1 is 1.29 bits per heavy atom. The van der Waals surface area contributed by atoms with Crippen LogP contribution in [0.4, 0.5) is 4.39 Å². The molecule has 0 fully saturated rings. The average Bonchev–Trinajstić information content (AvgIpc) is 2.28. The summed E-state index contributed by atoms with van der Waals surface area (Å²) in [6, 6.07) is 5.65. The molecule has 0 saturated heterocycles. The van der Waals surface area contributed by atoms with Crippen molar-refractivity contribution in [2.45, 2.75) is 13.8 Å². The summed E-state index contributed by atoms with van der Waals surface area (Å²) in [5.41, 5.74) is 1.91. The van der Waals surface area contributed by atoms with E-state index in [1.54, 1.807) is 0 Å². The molecule has 0 N–H and O–H groups in total. The zero-order chi connectivity index (χ0) is 12.4. The number of benzene rings is 1. The number of aryl methyl sites for hydroxylation is 2. The van der Waals surface area contributed by atoms with Crippen molar-refractivity contribution in [3.63, 3.8) is 0 Å². The van der Waals surface area contributed by atoms with E-state index in [-0.39, 0.29) is 11.2 Å². The summed E-state index contributed by atoms with van der Waals surface area (Å²) in [5, 5.41) is -0.0493. The van der Waals surface area contributed by atoms with Crippen LogP contribution in [0, 0.1) is 19.7 Å². The highest BCUT2D eigenvalue weighted by Gasteiger charge is 2.10. The van der Waals surface area contributed by atoms with E-state index in [4.69, 9.17) is 16.3 Å². The minimum absolute atomic E-state index is 0.0493. The number of nitrogens with zero attached hydrogens (tertiary/aromatic N) is 2. The monoisotopic (exact) mass is 252 g/mol. The number of rotatable bonds is 2. The van der Waals surface area contributed by atoms with Crippen LogP contribution in [0.5, 0.6) is 11.6 Å². The standard InChI is InChI=1S/C12H10ClFN2O/c1-7-3-4-8(2)10(5-7)17-11-9(14)6-15-12(13)16-11/h3-6H,1-2H3. The van der Waals surface area contributed by atoms with Crippen LogP contribution in [0.2, 0.25) is 5.28 Å². The SMILES string of the molecule is Cc1ccc(C)c(Oc2nc(Cl)ncc2F)c1. The maximum Gasteiger partial charge on any atom is 0.260 e. The van der Waals surface area contributed by atoms with Gasteiger partial charge in [0, 0.05) is 0 Å². The van der Waals surface area contributed by atoms with Crippen molar-refractivity contribution in [1.29, 1.82) is 0 Å². The average molecular weight is 253 g/mol. The number of ether oxygens (including phenoxy) is 1. The van der Waals surface area contributed by atoms with Crippen LogP contribution < -0.4 is 4.74 Å². The molecule has 0 spiro atoms. The summed E-state index contributed by atoms with van der Waals surface area (Å²) >= 11 is 5.59. The molecule has 0 saturated carbocycles. The van der Waals surface area contributed by atoms with Crippen molar-refractivity contribution in [2.24, 2.45) is 0 Å². The van der Waals surface area contributed by atoms with Gasteiger partial charge in [-0.05, 0) is 42.6 Å². The van der Waals surface area contributed by atoms with E-state index in [0.717, 1.165) is 17.3 Å². The minimum Gasteiger partial charge on any atom is -0.436 e. The first kappa shape index (κ1) is 11.8. The fourth-order valence-electron chi connectivity index (χ4n) is 1.32. The van der Waals surface area contributed by atoms with Gasteiger partial charge in [-0.2, -0.15) is 9.37 Å². The van der Waals surface area contributed by atoms with Crippen molar-refractivity contribution in [1.82, 2.24) is 9.97 Å². The minimum atomic E-state index is -0.643. The van der Waals surface area contributed by atoms with E-state index < -0.39 is 5.82 Å². The predicted octanol–water partition coefficient (Wildman–Crippen LogP) is 3.68. The molecular formula is C12H10ClFN2O. The lowest BCUT2D eigenvalue weighted by Crippen LogP contribution is -1.96. The van der Waals surface area contributed by atoms with Crippen LogP contribution in [0.1, 0.15) is 11.1 Å². The smallest absolute Gasteiger partial charge is 0.260 e. The summed E-state index contributed by atoms with van der Waals surface area (Å²) in [6.45, 7) is 3.80. The molecule has 2 rings (SSSR count). The third-order valence-electron chi connectivity index (χ3n) is 2.23. The second-order valence-electron chi connectivity index (χ2n) is 3.66. The van der Waals surface area contributed by atoms with Crippen LogP contribution in [0.15, 0.2) is 24.4 Å². The molecule has 0 radical (unpaired) electrons. The molecular weight excluding hydrogens is 243 g/mol. The van der Waals surface area contributed by atoms with Gasteiger partial charge < -0.3 is 4.74 Å². The highest BCUT2D eigenvalue weighted by atomic mass is 35.5. The lowest BCUT2D eigenvalue weighted by atomic mass is 10.1. The molecule has 88 valence electrons. The Balaban J connectivity index is 2.37. The van der Waals surface area contributed by atoms with Crippen LogP contribution in [0.3, 0.4) is 0 Å².